The third-order valence-corrected chi connectivity index (χ3v) is 4.60. The number of hydrogen-bond acceptors (Lipinski definition) is 4. The molecule has 0 spiro atoms. The average molecular weight is 356 g/mol. The van der Waals surface area contributed by atoms with Crippen molar-refractivity contribution in [1.29, 1.82) is 0 Å². The van der Waals surface area contributed by atoms with Crippen molar-refractivity contribution in [3.8, 4) is 0 Å². The molecule has 1 unspecified atom stereocenters. The van der Waals surface area contributed by atoms with E-state index in [0.29, 0.717) is 25.7 Å². The maximum absolute atomic E-state index is 12.9. The molecule has 0 aromatic heterocycles. The molecule has 0 fully saturated rings. The lowest BCUT2D eigenvalue weighted by Crippen LogP contribution is -2.47. The number of allylic oxidation sites excluding steroid dienone is 1. The fourth-order valence-electron chi connectivity index (χ4n) is 3.32. The Balaban J connectivity index is 1.83. The van der Waals surface area contributed by atoms with Gasteiger partial charge in [0.25, 0.3) is 0 Å². The molecule has 3 rings (SSSR count). The summed E-state index contributed by atoms with van der Waals surface area (Å²) in [7, 11) is 0. The Morgan fingerprint density at radius 2 is 2.08 bits per heavy atom. The van der Waals surface area contributed by atoms with Gasteiger partial charge in [-0.15, -0.1) is 0 Å². The summed E-state index contributed by atoms with van der Waals surface area (Å²) in [5.41, 5.74) is 1.71. The maximum Gasteiger partial charge on any atom is 0.410 e. The first kappa shape index (κ1) is 18.6. The van der Waals surface area contributed by atoms with Crippen molar-refractivity contribution < 1.29 is 14.3 Å². The van der Waals surface area contributed by atoms with Crippen molar-refractivity contribution in [1.82, 2.24) is 4.90 Å². The Kier molecular flexibility index (Phi) is 5.77. The summed E-state index contributed by atoms with van der Waals surface area (Å²) < 4.78 is 11.6. The van der Waals surface area contributed by atoms with E-state index in [0.717, 1.165) is 24.0 Å². The van der Waals surface area contributed by atoms with Crippen LogP contribution in [0.2, 0.25) is 0 Å². The molecule has 1 amide bonds. The lowest BCUT2D eigenvalue weighted by molar-refractivity contribution is -0.0106. The van der Waals surface area contributed by atoms with Gasteiger partial charge in [-0.25, -0.2) is 4.79 Å². The number of aliphatic imine (C=N–C) groups is 1. The standard InChI is InChI=1S/C21H28N2O3/c1-21(2,3)26-20(24)23-13-17-8-4-5-9-18(17)14-25-15-19(23)11-16-7-6-10-22-12-16/h4-6,8-10,12,16,19H,7,11,13-15H2,1-3H3/t16?,19-/m1/s1. The van der Waals surface area contributed by atoms with Crippen molar-refractivity contribution in [3.05, 3.63) is 47.7 Å². The lowest BCUT2D eigenvalue weighted by atomic mass is 9.95. The van der Waals surface area contributed by atoms with Gasteiger partial charge in [-0.1, -0.05) is 30.3 Å². The number of carbonyl (C=O) groups excluding carboxylic acids is 1. The predicted molar refractivity (Wildman–Crippen MR) is 102 cm³/mol. The zero-order chi connectivity index (χ0) is 18.6. The molecular formula is C21H28N2O3. The Bertz CT molecular complexity index is 691. The fraction of sp³-hybridized carbons (Fsp3) is 0.524. The zero-order valence-electron chi connectivity index (χ0n) is 15.9. The van der Waals surface area contributed by atoms with Crippen LogP contribution < -0.4 is 0 Å². The molecule has 5 heteroatoms. The number of carbonyl (C=O) groups is 1. The summed E-state index contributed by atoms with van der Waals surface area (Å²) in [5.74, 6) is 0.313. The van der Waals surface area contributed by atoms with Crippen molar-refractivity contribution in [2.45, 2.75) is 58.4 Å². The zero-order valence-corrected chi connectivity index (χ0v) is 15.9. The Morgan fingerprint density at radius 3 is 2.77 bits per heavy atom. The number of amides is 1. The molecule has 1 aromatic carbocycles. The summed E-state index contributed by atoms with van der Waals surface area (Å²) in [6.07, 6.45) is 7.34. The second-order valence-electron chi connectivity index (χ2n) is 7.96. The summed E-state index contributed by atoms with van der Waals surface area (Å²) in [6, 6.07) is 8.08. The van der Waals surface area contributed by atoms with E-state index in [1.807, 2.05) is 50.2 Å². The number of hydrogen-bond donors (Lipinski definition) is 0. The molecule has 2 aliphatic heterocycles. The van der Waals surface area contributed by atoms with Crippen molar-refractivity contribution in [2.75, 3.05) is 6.61 Å². The highest BCUT2D eigenvalue weighted by Crippen LogP contribution is 2.25. The van der Waals surface area contributed by atoms with Crippen LogP contribution in [0, 0.1) is 5.92 Å². The first-order valence-electron chi connectivity index (χ1n) is 9.25. The van der Waals surface area contributed by atoms with E-state index in [9.17, 15) is 4.79 Å². The topological polar surface area (TPSA) is 51.1 Å². The Morgan fingerprint density at radius 1 is 1.31 bits per heavy atom. The van der Waals surface area contributed by atoms with Gasteiger partial charge in [0.2, 0.25) is 0 Å². The van der Waals surface area contributed by atoms with E-state index in [1.54, 1.807) is 0 Å². The smallest absolute Gasteiger partial charge is 0.410 e. The van der Waals surface area contributed by atoms with E-state index in [4.69, 9.17) is 9.47 Å². The number of rotatable bonds is 2. The SMILES string of the molecule is CC(C)(C)OC(=O)N1Cc2ccccc2COC[C@H]1CC1C=NC=CC1. The van der Waals surface area contributed by atoms with Crippen LogP contribution in [0.3, 0.4) is 0 Å². The van der Waals surface area contributed by atoms with Crippen molar-refractivity contribution in [2.24, 2.45) is 10.9 Å². The number of fused-ring (bicyclic) bond motifs is 1. The quantitative estimate of drug-likeness (QED) is 0.793. The van der Waals surface area contributed by atoms with Gasteiger partial charge in [0.15, 0.2) is 0 Å². The first-order chi connectivity index (χ1) is 12.4. The summed E-state index contributed by atoms with van der Waals surface area (Å²) in [4.78, 5) is 19.0. The van der Waals surface area contributed by atoms with Gasteiger partial charge in [0, 0.05) is 19.0 Å². The second-order valence-corrected chi connectivity index (χ2v) is 7.96. The van der Waals surface area contributed by atoms with Gasteiger partial charge >= 0.3 is 6.09 Å². The van der Waals surface area contributed by atoms with Crippen LogP contribution in [-0.2, 0) is 22.6 Å². The minimum atomic E-state index is -0.528. The number of benzene rings is 1. The van der Waals surface area contributed by atoms with Crippen LogP contribution in [-0.4, -0.2) is 35.5 Å². The number of nitrogens with zero attached hydrogens (tertiary/aromatic N) is 2. The van der Waals surface area contributed by atoms with Gasteiger partial charge in [0.05, 0.1) is 19.3 Å². The molecule has 5 nitrogen and oxygen atoms in total. The number of ether oxygens (including phenoxy) is 2. The molecule has 2 atom stereocenters. The van der Waals surface area contributed by atoms with Crippen LogP contribution in [0.4, 0.5) is 4.79 Å². The molecule has 0 saturated heterocycles. The maximum atomic E-state index is 12.9. The van der Waals surface area contributed by atoms with Gasteiger partial charge in [-0.3, -0.25) is 9.89 Å². The second kappa shape index (κ2) is 8.04. The first-order valence-corrected chi connectivity index (χ1v) is 9.25. The minimum Gasteiger partial charge on any atom is -0.444 e. The van der Waals surface area contributed by atoms with Gasteiger partial charge in [-0.05, 0) is 50.7 Å². The molecule has 0 radical (unpaired) electrons. The van der Waals surface area contributed by atoms with Crippen LogP contribution in [0.5, 0.6) is 0 Å². The van der Waals surface area contributed by atoms with Crippen molar-refractivity contribution in [3.63, 3.8) is 0 Å². The monoisotopic (exact) mass is 356 g/mol. The normalized spacial score (nSPS) is 23.1. The molecule has 2 aliphatic rings. The van der Waals surface area contributed by atoms with Gasteiger partial charge < -0.3 is 9.47 Å². The minimum absolute atomic E-state index is 0.0406. The van der Waals surface area contributed by atoms with Crippen LogP contribution in [0.15, 0.2) is 41.5 Å². The Labute approximate surface area is 155 Å². The molecule has 0 N–H and O–H groups in total. The van der Waals surface area contributed by atoms with Crippen LogP contribution in [0.25, 0.3) is 0 Å². The molecule has 0 aliphatic carbocycles. The molecule has 0 saturated carbocycles. The van der Waals surface area contributed by atoms with Crippen molar-refractivity contribution >= 4 is 12.3 Å². The third kappa shape index (κ3) is 4.94. The summed E-state index contributed by atoms with van der Waals surface area (Å²) in [6.45, 7) is 7.31. The van der Waals surface area contributed by atoms with Gasteiger partial charge in [-0.2, -0.15) is 0 Å². The highest BCUT2D eigenvalue weighted by molar-refractivity contribution is 5.69. The fourth-order valence-corrected chi connectivity index (χ4v) is 3.32. The van der Waals surface area contributed by atoms with E-state index < -0.39 is 5.60 Å². The molecule has 26 heavy (non-hydrogen) atoms. The molecule has 0 bridgehead atoms. The molecule has 2 heterocycles. The predicted octanol–water partition coefficient (Wildman–Crippen LogP) is 4.32. The van der Waals surface area contributed by atoms with Crippen LogP contribution >= 0.6 is 0 Å². The van der Waals surface area contributed by atoms with E-state index >= 15 is 0 Å². The highest BCUT2D eigenvalue weighted by atomic mass is 16.6. The van der Waals surface area contributed by atoms with Gasteiger partial charge in [0.1, 0.15) is 5.60 Å². The largest absolute Gasteiger partial charge is 0.444 e. The third-order valence-electron chi connectivity index (χ3n) is 4.60. The van der Waals surface area contributed by atoms with E-state index in [-0.39, 0.29) is 12.1 Å². The summed E-state index contributed by atoms with van der Waals surface area (Å²) >= 11 is 0. The van der Waals surface area contributed by atoms with E-state index in [2.05, 4.69) is 23.2 Å². The average Bonchev–Trinajstić information content (AvgIpc) is 2.57. The Hall–Kier alpha value is -2.14. The highest BCUT2D eigenvalue weighted by Gasteiger charge is 2.32. The molecule has 140 valence electrons. The molecular weight excluding hydrogens is 328 g/mol. The van der Waals surface area contributed by atoms with Crippen LogP contribution in [0.1, 0.15) is 44.7 Å². The lowest BCUT2D eigenvalue weighted by Gasteiger charge is -2.36. The van der Waals surface area contributed by atoms with E-state index in [1.165, 1.54) is 0 Å². The molecule has 1 aromatic rings. The summed E-state index contributed by atoms with van der Waals surface area (Å²) in [5, 5.41) is 0.